The predicted octanol–water partition coefficient (Wildman–Crippen LogP) is 2.24. The number of rotatable bonds is 1. The smallest absolute Gasteiger partial charge is 0.0548 e. The third-order valence-electron chi connectivity index (χ3n) is 3.67. The molecule has 1 aliphatic rings. The predicted molar refractivity (Wildman–Crippen MR) is 61.9 cm³/mol. The number of hydrogen-bond donors (Lipinski definition) is 0. The van der Waals surface area contributed by atoms with Gasteiger partial charge in [-0.05, 0) is 46.2 Å². The molecular formula is C12H21N3. The highest BCUT2D eigenvalue weighted by Gasteiger charge is 2.33. The molecular weight excluding hydrogens is 186 g/mol. The van der Waals surface area contributed by atoms with Gasteiger partial charge in [-0.3, -0.25) is 4.68 Å². The molecule has 0 radical (unpaired) electrons. The number of nitrogens with zero attached hydrogens (tertiary/aromatic N) is 3. The van der Waals surface area contributed by atoms with Gasteiger partial charge in [0.1, 0.15) is 0 Å². The zero-order chi connectivity index (χ0) is 11.1. The van der Waals surface area contributed by atoms with Gasteiger partial charge in [0, 0.05) is 18.3 Å². The molecule has 0 N–H and O–H groups in total. The maximum absolute atomic E-state index is 4.43. The van der Waals surface area contributed by atoms with Crippen molar-refractivity contribution in [2.75, 3.05) is 13.6 Å². The molecule has 0 saturated carbocycles. The number of hydrogen-bond acceptors (Lipinski definition) is 2. The van der Waals surface area contributed by atoms with Crippen LogP contribution < -0.4 is 0 Å². The second kappa shape index (κ2) is 3.63. The summed E-state index contributed by atoms with van der Waals surface area (Å²) in [5, 5.41) is 4.43. The van der Waals surface area contributed by atoms with E-state index in [9.17, 15) is 0 Å². The maximum atomic E-state index is 4.43. The van der Waals surface area contributed by atoms with Gasteiger partial charge in [-0.25, -0.2) is 0 Å². The van der Waals surface area contributed by atoms with E-state index in [1.165, 1.54) is 18.4 Å². The fourth-order valence-electron chi connectivity index (χ4n) is 2.34. The molecule has 1 atom stereocenters. The quantitative estimate of drug-likeness (QED) is 0.704. The molecule has 3 nitrogen and oxygen atoms in total. The summed E-state index contributed by atoms with van der Waals surface area (Å²) in [4.78, 5) is 2.44. The van der Waals surface area contributed by atoms with Crippen molar-refractivity contribution >= 4 is 0 Å². The highest BCUT2D eigenvalue weighted by Crippen LogP contribution is 2.32. The van der Waals surface area contributed by atoms with Crippen molar-refractivity contribution in [1.29, 1.82) is 0 Å². The zero-order valence-electron chi connectivity index (χ0n) is 10.2. The van der Waals surface area contributed by atoms with E-state index in [1.54, 1.807) is 0 Å². The number of aromatic nitrogens is 2. The molecule has 2 heterocycles. The summed E-state index contributed by atoms with van der Waals surface area (Å²) in [5.74, 6) is 0. The van der Waals surface area contributed by atoms with E-state index in [0.717, 1.165) is 6.54 Å². The lowest BCUT2D eigenvalue weighted by atomic mass is 9.87. The van der Waals surface area contributed by atoms with E-state index in [0.29, 0.717) is 11.6 Å². The van der Waals surface area contributed by atoms with Crippen molar-refractivity contribution in [3.05, 3.63) is 18.0 Å². The standard InChI is InChI=1S/C12H21N3/c1-10-8-13-15(9-10)11-5-6-14(4)12(2,3)7-11/h8-9,11H,5-7H2,1-4H3. The van der Waals surface area contributed by atoms with Gasteiger partial charge in [-0.15, -0.1) is 0 Å². The summed E-state index contributed by atoms with van der Waals surface area (Å²) < 4.78 is 2.14. The van der Waals surface area contributed by atoms with Crippen molar-refractivity contribution in [2.24, 2.45) is 0 Å². The van der Waals surface area contributed by atoms with Crippen LogP contribution >= 0.6 is 0 Å². The first-order valence-electron chi connectivity index (χ1n) is 5.71. The first kappa shape index (κ1) is 10.7. The number of piperidine rings is 1. The van der Waals surface area contributed by atoms with Crippen LogP contribution in [-0.4, -0.2) is 33.8 Å². The summed E-state index contributed by atoms with van der Waals surface area (Å²) >= 11 is 0. The van der Waals surface area contributed by atoms with Gasteiger partial charge in [0.25, 0.3) is 0 Å². The number of likely N-dealkylation sites (tertiary alicyclic amines) is 1. The fourth-order valence-corrected chi connectivity index (χ4v) is 2.34. The molecule has 2 rings (SSSR count). The summed E-state index contributed by atoms with van der Waals surface area (Å²) in [6, 6.07) is 0.574. The zero-order valence-corrected chi connectivity index (χ0v) is 10.2. The van der Waals surface area contributed by atoms with Crippen molar-refractivity contribution in [3.8, 4) is 0 Å². The molecule has 0 aliphatic carbocycles. The van der Waals surface area contributed by atoms with Gasteiger partial charge in [0.05, 0.1) is 12.2 Å². The summed E-state index contributed by atoms with van der Waals surface area (Å²) in [7, 11) is 2.21. The molecule has 1 aromatic heterocycles. The number of aryl methyl sites for hydroxylation is 1. The lowest BCUT2D eigenvalue weighted by Gasteiger charge is -2.43. The Bertz CT molecular complexity index is 340. The van der Waals surface area contributed by atoms with Crippen LogP contribution in [0.4, 0.5) is 0 Å². The summed E-state index contributed by atoms with van der Waals surface area (Å²) in [5.41, 5.74) is 1.55. The third kappa shape index (κ3) is 2.07. The van der Waals surface area contributed by atoms with E-state index in [2.05, 4.69) is 48.7 Å². The second-order valence-electron chi connectivity index (χ2n) is 5.38. The molecule has 0 spiro atoms. The SMILES string of the molecule is Cc1cnn(C2CCN(C)C(C)(C)C2)c1. The average Bonchev–Trinajstić information content (AvgIpc) is 2.57. The molecule has 84 valence electrons. The van der Waals surface area contributed by atoms with Crippen LogP contribution in [0.3, 0.4) is 0 Å². The van der Waals surface area contributed by atoms with Gasteiger partial charge in [0.2, 0.25) is 0 Å². The van der Waals surface area contributed by atoms with Gasteiger partial charge >= 0.3 is 0 Å². The van der Waals surface area contributed by atoms with Crippen LogP contribution in [0, 0.1) is 6.92 Å². The third-order valence-corrected chi connectivity index (χ3v) is 3.67. The Kier molecular flexibility index (Phi) is 2.59. The van der Waals surface area contributed by atoms with E-state index in [-0.39, 0.29) is 0 Å². The molecule has 3 heteroatoms. The molecule has 0 amide bonds. The normalized spacial score (nSPS) is 26.8. The summed E-state index contributed by atoms with van der Waals surface area (Å²) in [6.07, 6.45) is 6.50. The minimum absolute atomic E-state index is 0.294. The monoisotopic (exact) mass is 207 g/mol. The first-order chi connectivity index (χ1) is 6.99. The van der Waals surface area contributed by atoms with Gasteiger partial charge in [-0.2, -0.15) is 5.10 Å². The van der Waals surface area contributed by atoms with Crippen LogP contribution in [0.2, 0.25) is 0 Å². The Labute approximate surface area is 92.1 Å². The Hall–Kier alpha value is -0.830. The Morgan fingerprint density at radius 3 is 2.73 bits per heavy atom. The lowest BCUT2D eigenvalue weighted by Crippen LogP contribution is -2.47. The van der Waals surface area contributed by atoms with Gasteiger partial charge in [-0.1, -0.05) is 0 Å². The molecule has 1 fully saturated rings. The Balaban J connectivity index is 2.13. The van der Waals surface area contributed by atoms with E-state index >= 15 is 0 Å². The average molecular weight is 207 g/mol. The maximum Gasteiger partial charge on any atom is 0.0548 e. The van der Waals surface area contributed by atoms with Crippen LogP contribution in [0.5, 0.6) is 0 Å². The molecule has 1 unspecified atom stereocenters. The van der Waals surface area contributed by atoms with Crippen LogP contribution in [-0.2, 0) is 0 Å². The highest BCUT2D eigenvalue weighted by atomic mass is 15.3. The topological polar surface area (TPSA) is 21.1 Å². The Morgan fingerprint density at radius 1 is 1.47 bits per heavy atom. The summed E-state index contributed by atoms with van der Waals surface area (Å²) in [6.45, 7) is 7.89. The molecule has 0 aromatic carbocycles. The van der Waals surface area contributed by atoms with E-state index < -0.39 is 0 Å². The van der Waals surface area contributed by atoms with Gasteiger partial charge in [0.15, 0.2) is 0 Å². The molecule has 1 aliphatic heterocycles. The van der Waals surface area contributed by atoms with E-state index in [4.69, 9.17) is 0 Å². The van der Waals surface area contributed by atoms with Crippen LogP contribution in [0.15, 0.2) is 12.4 Å². The van der Waals surface area contributed by atoms with Crippen LogP contribution in [0.25, 0.3) is 0 Å². The fraction of sp³-hybridized carbons (Fsp3) is 0.750. The molecule has 15 heavy (non-hydrogen) atoms. The minimum Gasteiger partial charge on any atom is -0.301 e. The van der Waals surface area contributed by atoms with Crippen molar-refractivity contribution in [1.82, 2.24) is 14.7 Å². The minimum atomic E-state index is 0.294. The first-order valence-corrected chi connectivity index (χ1v) is 5.71. The van der Waals surface area contributed by atoms with Crippen molar-refractivity contribution in [2.45, 2.75) is 45.2 Å². The van der Waals surface area contributed by atoms with Crippen LogP contribution in [0.1, 0.15) is 38.3 Å². The molecule has 1 saturated heterocycles. The van der Waals surface area contributed by atoms with E-state index in [1.807, 2.05) is 6.20 Å². The molecule has 0 bridgehead atoms. The van der Waals surface area contributed by atoms with Crippen molar-refractivity contribution in [3.63, 3.8) is 0 Å². The molecule has 1 aromatic rings. The van der Waals surface area contributed by atoms with Crippen molar-refractivity contribution < 1.29 is 0 Å². The lowest BCUT2D eigenvalue weighted by molar-refractivity contribution is 0.0718. The van der Waals surface area contributed by atoms with Gasteiger partial charge < -0.3 is 4.90 Å². The Morgan fingerprint density at radius 2 is 2.20 bits per heavy atom. The largest absolute Gasteiger partial charge is 0.301 e. The second-order valence-corrected chi connectivity index (χ2v) is 5.38. The highest BCUT2D eigenvalue weighted by molar-refractivity contribution is 5.02.